The van der Waals surface area contributed by atoms with E-state index in [1.54, 1.807) is 42.2 Å². The Hall–Kier alpha value is -3.19. The van der Waals surface area contributed by atoms with E-state index in [0.717, 1.165) is 0 Å². The van der Waals surface area contributed by atoms with Crippen LogP contribution in [0.1, 0.15) is 18.5 Å². The number of para-hydroxylation sites is 1. The average molecular weight is 395 g/mol. The number of benzene rings is 2. The molecule has 0 saturated carbocycles. The SMILES string of the molecule is CC1=C(C(=O)N2CCOCC2)[C@@H](c2ccccc2F)NC(=O)N1c1ccccc1. The van der Waals surface area contributed by atoms with E-state index in [2.05, 4.69) is 5.32 Å². The topological polar surface area (TPSA) is 61.9 Å². The van der Waals surface area contributed by atoms with Gasteiger partial charge in [0.15, 0.2) is 0 Å². The Morgan fingerprint density at radius 2 is 1.72 bits per heavy atom. The van der Waals surface area contributed by atoms with Crippen molar-refractivity contribution in [2.75, 3.05) is 31.2 Å². The Kier molecular flexibility index (Phi) is 5.31. The van der Waals surface area contributed by atoms with E-state index in [1.165, 1.54) is 11.0 Å². The lowest BCUT2D eigenvalue weighted by Crippen LogP contribution is -2.51. The van der Waals surface area contributed by atoms with Crippen molar-refractivity contribution >= 4 is 17.6 Å². The van der Waals surface area contributed by atoms with E-state index in [1.807, 2.05) is 18.2 Å². The Morgan fingerprint density at radius 1 is 1.07 bits per heavy atom. The number of allylic oxidation sites excluding steroid dienone is 1. The number of nitrogens with zero attached hydrogens (tertiary/aromatic N) is 2. The van der Waals surface area contributed by atoms with Gasteiger partial charge in [-0.05, 0) is 25.1 Å². The molecule has 7 heteroatoms. The summed E-state index contributed by atoms with van der Waals surface area (Å²) in [6, 6.07) is 14.0. The van der Waals surface area contributed by atoms with Gasteiger partial charge in [0.1, 0.15) is 5.82 Å². The van der Waals surface area contributed by atoms with E-state index in [0.29, 0.717) is 43.3 Å². The summed E-state index contributed by atoms with van der Waals surface area (Å²) >= 11 is 0. The molecule has 0 aromatic heterocycles. The van der Waals surface area contributed by atoms with Gasteiger partial charge < -0.3 is 15.0 Å². The molecule has 0 aliphatic carbocycles. The molecule has 1 fully saturated rings. The van der Waals surface area contributed by atoms with Crippen molar-refractivity contribution in [2.24, 2.45) is 0 Å². The van der Waals surface area contributed by atoms with Crippen LogP contribution in [0.2, 0.25) is 0 Å². The number of ether oxygens (including phenoxy) is 1. The monoisotopic (exact) mass is 395 g/mol. The third kappa shape index (κ3) is 3.61. The smallest absolute Gasteiger partial charge is 0.327 e. The minimum atomic E-state index is -0.862. The lowest BCUT2D eigenvalue weighted by atomic mass is 9.93. The molecule has 0 bridgehead atoms. The van der Waals surface area contributed by atoms with Crippen LogP contribution < -0.4 is 10.2 Å². The highest BCUT2D eigenvalue weighted by atomic mass is 19.1. The molecule has 2 heterocycles. The summed E-state index contributed by atoms with van der Waals surface area (Å²) in [6.45, 7) is 3.55. The number of urea groups is 1. The number of halogens is 1. The second kappa shape index (κ2) is 8.05. The highest BCUT2D eigenvalue weighted by Gasteiger charge is 2.39. The number of anilines is 1. The van der Waals surface area contributed by atoms with Gasteiger partial charge in [-0.3, -0.25) is 9.69 Å². The summed E-state index contributed by atoms with van der Waals surface area (Å²) in [7, 11) is 0. The third-order valence-corrected chi connectivity index (χ3v) is 5.24. The van der Waals surface area contributed by atoms with Crippen LogP contribution in [0.3, 0.4) is 0 Å². The van der Waals surface area contributed by atoms with Crippen molar-refractivity contribution in [3.63, 3.8) is 0 Å². The molecular weight excluding hydrogens is 373 g/mol. The Balaban J connectivity index is 1.83. The van der Waals surface area contributed by atoms with E-state index in [9.17, 15) is 14.0 Å². The third-order valence-electron chi connectivity index (χ3n) is 5.24. The quantitative estimate of drug-likeness (QED) is 0.868. The van der Waals surface area contributed by atoms with Gasteiger partial charge in [0.25, 0.3) is 5.91 Å². The molecule has 1 saturated heterocycles. The fourth-order valence-corrected chi connectivity index (χ4v) is 3.79. The zero-order chi connectivity index (χ0) is 20.4. The first-order valence-corrected chi connectivity index (χ1v) is 9.56. The highest BCUT2D eigenvalue weighted by molar-refractivity contribution is 6.04. The maximum absolute atomic E-state index is 14.6. The molecule has 4 rings (SSSR count). The fraction of sp³-hybridized carbons (Fsp3) is 0.273. The van der Waals surface area contributed by atoms with Crippen LogP contribution >= 0.6 is 0 Å². The molecule has 3 amide bonds. The van der Waals surface area contributed by atoms with Crippen molar-refractivity contribution < 1.29 is 18.7 Å². The Bertz CT molecular complexity index is 955. The number of morpholine rings is 1. The van der Waals surface area contributed by atoms with Gasteiger partial charge in [0.05, 0.1) is 30.5 Å². The maximum atomic E-state index is 14.6. The normalized spacial score (nSPS) is 19.9. The predicted molar refractivity (Wildman–Crippen MR) is 107 cm³/mol. The predicted octanol–water partition coefficient (Wildman–Crippen LogP) is 3.23. The molecule has 0 radical (unpaired) electrons. The molecule has 2 aromatic carbocycles. The summed E-state index contributed by atoms with van der Waals surface area (Å²) in [6.07, 6.45) is 0. The number of amides is 3. The van der Waals surface area contributed by atoms with Crippen LogP contribution in [-0.4, -0.2) is 43.1 Å². The van der Waals surface area contributed by atoms with Gasteiger partial charge in [-0.1, -0.05) is 36.4 Å². The number of hydrogen-bond donors (Lipinski definition) is 1. The van der Waals surface area contributed by atoms with Gasteiger partial charge in [-0.15, -0.1) is 0 Å². The van der Waals surface area contributed by atoms with Crippen LogP contribution in [-0.2, 0) is 9.53 Å². The molecule has 2 aliphatic heterocycles. The van der Waals surface area contributed by atoms with Crippen molar-refractivity contribution in [3.05, 3.63) is 77.2 Å². The summed E-state index contributed by atoms with van der Waals surface area (Å²) in [5.74, 6) is -0.689. The van der Waals surface area contributed by atoms with Gasteiger partial charge in [-0.2, -0.15) is 0 Å². The minimum Gasteiger partial charge on any atom is -0.378 e. The second-order valence-electron chi connectivity index (χ2n) is 6.98. The molecule has 1 atom stereocenters. The first-order chi connectivity index (χ1) is 14.1. The molecule has 0 spiro atoms. The average Bonchev–Trinajstić information content (AvgIpc) is 2.75. The summed E-state index contributed by atoms with van der Waals surface area (Å²) < 4.78 is 19.9. The second-order valence-corrected chi connectivity index (χ2v) is 6.98. The van der Waals surface area contributed by atoms with Gasteiger partial charge >= 0.3 is 6.03 Å². The standard InChI is InChI=1S/C22H22FN3O3/c1-15-19(21(27)25-11-13-29-14-12-25)20(17-9-5-6-10-18(17)23)24-22(28)26(15)16-7-3-2-4-8-16/h2-10,20H,11-14H2,1H3,(H,24,28)/t20-/m1/s1. The maximum Gasteiger partial charge on any atom is 0.327 e. The first-order valence-electron chi connectivity index (χ1n) is 9.56. The van der Waals surface area contributed by atoms with Gasteiger partial charge in [-0.25, -0.2) is 9.18 Å². The lowest BCUT2D eigenvalue weighted by molar-refractivity contribution is -0.131. The van der Waals surface area contributed by atoms with Crippen LogP contribution in [0.25, 0.3) is 0 Å². The Labute approximate surface area is 168 Å². The zero-order valence-corrected chi connectivity index (χ0v) is 16.1. The molecule has 29 heavy (non-hydrogen) atoms. The van der Waals surface area contributed by atoms with Crippen LogP contribution in [0.5, 0.6) is 0 Å². The van der Waals surface area contributed by atoms with E-state index in [4.69, 9.17) is 4.74 Å². The van der Waals surface area contributed by atoms with Crippen molar-refractivity contribution in [1.29, 1.82) is 0 Å². The molecule has 6 nitrogen and oxygen atoms in total. The number of carbonyl (C=O) groups excluding carboxylic acids is 2. The molecular formula is C22H22FN3O3. The van der Waals surface area contributed by atoms with E-state index in [-0.39, 0.29) is 11.5 Å². The van der Waals surface area contributed by atoms with Crippen LogP contribution in [0, 0.1) is 5.82 Å². The van der Waals surface area contributed by atoms with Crippen LogP contribution in [0.4, 0.5) is 14.9 Å². The van der Waals surface area contributed by atoms with E-state index >= 15 is 0 Å². The van der Waals surface area contributed by atoms with E-state index < -0.39 is 17.9 Å². The fourth-order valence-electron chi connectivity index (χ4n) is 3.79. The molecule has 2 aromatic rings. The number of rotatable bonds is 3. The first kappa shape index (κ1) is 19.1. The van der Waals surface area contributed by atoms with Gasteiger partial charge in [0, 0.05) is 24.4 Å². The summed E-state index contributed by atoms with van der Waals surface area (Å²) in [4.78, 5) is 29.6. The van der Waals surface area contributed by atoms with Crippen molar-refractivity contribution in [1.82, 2.24) is 10.2 Å². The molecule has 1 N–H and O–H groups in total. The number of carbonyl (C=O) groups is 2. The Morgan fingerprint density at radius 3 is 2.41 bits per heavy atom. The van der Waals surface area contributed by atoms with Crippen molar-refractivity contribution in [3.8, 4) is 0 Å². The molecule has 150 valence electrons. The molecule has 2 aliphatic rings. The lowest BCUT2D eigenvalue weighted by Gasteiger charge is -2.38. The molecule has 0 unspecified atom stereocenters. The zero-order valence-electron chi connectivity index (χ0n) is 16.1. The van der Waals surface area contributed by atoms with Gasteiger partial charge in [0.2, 0.25) is 0 Å². The number of hydrogen-bond acceptors (Lipinski definition) is 3. The summed E-state index contributed by atoms with van der Waals surface area (Å²) in [5.41, 5.74) is 1.76. The minimum absolute atomic E-state index is 0.222. The summed E-state index contributed by atoms with van der Waals surface area (Å²) in [5, 5.41) is 2.83. The van der Waals surface area contributed by atoms with Crippen molar-refractivity contribution in [2.45, 2.75) is 13.0 Å². The highest BCUT2D eigenvalue weighted by Crippen LogP contribution is 2.35. The van der Waals surface area contributed by atoms with Crippen LogP contribution in [0.15, 0.2) is 65.9 Å². The number of nitrogens with one attached hydrogen (secondary N) is 1. The largest absolute Gasteiger partial charge is 0.378 e.